The first-order chi connectivity index (χ1) is 16.0. The van der Waals surface area contributed by atoms with Crippen LogP contribution in [-0.4, -0.2) is 35.4 Å². The fraction of sp³-hybridized carbons (Fsp3) is 0.192. The van der Waals surface area contributed by atoms with Crippen LogP contribution in [0.2, 0.25) is 0 Å². The maximum Gasteiger partial charge on any atom is 0.272 e. The van der Waals surface area contributed by atoms with Crippen molar-refractivity contribution in [2.75, 3.05) is 13.7 Å². The van der Waals surface area contributed by atoms with Crippen molar-refractivity contribution in [3.05, 3.63) is 89.0 Å². The second-order valence-electron chi connectivity index (χ2n) is 7.75. The van der Waals surface area contributed by atoms with E-state index in [1.54, 1.807) is 31.5 Å². The van der Waals surface area contributed by atoms with E-state index in [0.717, 1.165) is 29.1 Å². The van der Waals surface area contributed by atoms with E-state index < -0.39 is 0 Å². The number of carbonyl (C=O) groups excluding carboxylic acids is 1. The third-order valence-electron chi connectivity index (χ3n) is 5.60. The average molecular weight is 445 g/mol. The molecule has 7 heteroatoms. The molecule has 2 aromatic carbocycles. The van der Waals surface area contributed by atoms with Crippen molar-refractivity contribution in [2.45, 2.75) is 20.4 Å². The van der Waals surface area contributed by atoms with E-state index in [2.05, 4.69) is 20.1 Å². The summed E-state index contributed by atoms with van der Waals surface area (Å²) >= 11 is 0. The number of nitrogens with one attached hydrogen (secondary N) is 1. The monoisotopic (exact) mass is 444 g/mol. The van der Waals surface area contributed by atoms with Gasteiger partial charge in [-0.05, 0) is 56.3 Å². The van der Waals surface area contributed by atoms with E-state index in [-0.39, 0.29) is 11.7 Å². The molecule has 6 nitrogen and oxygen atoms in total. The van der Waals surface area contributed by atoms with E-state index in [0.29, 0.717) is 28.8 Å². The number of amides is 1. The zero-order valence-electron chi connectivity index (χ0n) is 18.8. The third kappa shape index (κ3) is 4.83. The molecule has 1 N–H and O–H groups in total. The maximum atomic E-state index is 13.4. The fourth-order valence-corrected chi connectivity index (χ4v) is 3.84. The largest absolute Gasteiger partial charge is 0.383 e. The number of rotatable bonds is 7. The quantitative estimate of drug-likeness (QED) is 0.327. The zero-order valence-corrected chi connectivity index (χ0v) is 18.8. The summed E-state index contributed by atoms with van der Waals surface area (Å²) in [6.45, 7) is 5.41. The van der Waals surface area contributed by atoms with Crippen LogP contribution in [-0.2, 0) is 11.3 Å². The molecular weight excluding hydrogens is 419 g/mol. The summed E-state index contributed by atoms with van der Waals surface area (Å²) in [5.74, 6) is -0.671. The Hall–Kier alpha value is -3.84. The Morgan fingerprint density at radius 3 is 2.67 bits per heavy atom. The molecule has 0 aliphatic rings. The van der Waals surface area contributed by atoms with Crippen LogP contribution in [0.1, 0.15) is 27.3 Å². The van der Waals surface area contributed by atoms with E-state index in [4.69, 9.17) is 4.74 Å². The molecule has 2 aromatic heterocycles. The number of fused-ring (bicyclic) bond motifs is 1. The number of hydrogen-bond donors (Lipinski definition) is 1. The van der Waals surface area contributed by atoms with Crippen molar-refractivity contribution < 1.29 is 13.9 Å². The number of hydrogen-bond acceptors (Lipinski definition) is 4. The predicted octanol–water partition coefficient (Wildman–Crippen LogP) is 4.87. The van der Waals surface area contributed by atoms with Gasteiger partial charge in [0.15, 0.2) is 0 Å². The number of pyridine rings is 1. The van der Waals surface area contributed by atoms with E-state index in [9.17, 15) is 9.18 Å². The van der Waals surface area contributed by atoms with E-state index >= 15 is 0 Å². The summed E-state index contributed by atoms with van der Waals surface area (Å²) in [5, 5.41) is 4.91. The molecule has 168 valence electrons. The number of hydrazone groups is 1. The summed E-state index contributed by atoms with van der Waals surface area (Å²) in [7, 11) is 1.68. The molecule has 2 heterocycles. The van der Waals surface area contributed by atoms with Crippen molar-refractivity contribution in [1.29, 1.82) is 0 Å². The Bertz CT molecular complexity index is 1330. The summed E-state index contributed by atoms with van der Waals surface area (Å²) in [6.07, 6.45) is 1.65. The first-order valence-corrected chi connectivity index (χ1v) is 10.6. The van der Waals surface area contributed by atoms with Gasteiger partial charge in [-0.1, -0.05) is 18.2 Å². The van der Waals surface area contributed by atoms with Crippen molar-refractivity contribution in [3.63, 3.8) is 0 Å². The molecular formula is C26H25FN4O2. The van der Waals surface area contributed by atoms with Crippen molar-refractivity contribution in [3.8, 4) is 11.3 Å². The molecule has 0 atom stereocenters. The molecule has 0 spiro atoms. The molecule has 0 fully saturated rings. The summed E-state index contributed by atoms with van der Waals surface area (Å²) < 4.78 is 20.7. The maximum absolute atomic E-state index is 13.4. The number of aromatic nitrogens is 2. The van der Waals surface area contributed by atoms with Gasteiger partial charge in [-0.15, -0.1) is 0 Å². The summed E-state index contributed by atoms with van der Waals surface area (Å²) in [5.41, 5.74) is 8.15. The Morgan fingerprint density at radius 2 is 1.91 bits per heavy atom. The number of methoxy groups -OCH3 is 1. The van der Waals surface area contributed by atoms with Gasteiger partial charge >= 0.3 is 0 Å². The SMILES string of the molecule is COCCn1c(C)cc(C=NNC(=O)c2cc(-c3ccc(F)cc3)nc3ccccc23)c1C. The smallest absolute Gasteiger partial charge is 0.272 e. The topological polar surface area (TPSA) is 68.5 Å². The Labute approximate surface area is 191 Å². The lowest BCUT2D eigenvalue weighted by molar-refractivity contribution is 0.0956. The zero-order chi connectivity index (χ0) is 23.4. The van der Waals surface area contributed by atoms with E-state index in [1.165, 1.54) is 12.1 Å². The first kappa shape index (κ1) is 22.4. The van der Waals surface area contributed by atoms with Crippen molar-refractivity contribution >= 4 is 23.0 Å². The van der Waals surface area contributed by atoms with Crippen LogP contribution in [0.4, 0.5) is 4.39 Å². The minimum Gasteiger partial charge on any atom is -0.383 e. The minimum absolute atomic E-state index is 0.326. The van der Waals surface area contributed by atoms with Crippen molar-refractivity contribution in [2.24, 2.45) is 5.10 Å². The molecule has 4 rings (SSSR count). The van der Waals surface area contributed by atoms with Gasteiger partial charge in [0, 0.05) is 41.6 Å². The molecule has 0 saturated heterocycles. The highest BCUT2D eigenvalue weighted by Gasteiger charge is 2.14. The van der Waals surface area contributed by atoms with Gasteiger partial charge in [0.05, 0.1) is 29.6 Å². The van der Waals surface area contributed by atoms with Gasteiger partial charge in [-0.2, -0.15) is 5.10 Å². The van der Waals surface area contributed by atoms with Gasteiger partial charge in [0.25, 0.3) is 5.91 Å². The number of benzene rings is 2. The second kappa shape index (κ2) is 9.75. The highest BCUT2D eigenvalue weighted by molar-refractivity contribution is 6.07. The molecule has 0 unspecified atom stereocenters. The summed E-state index contributed by atoms with van der Waals surface area (Å²) in [4.78, 5) is 17.7. The van der Waals surface area contributed by atoms with Gasteiger partial charge in [-0.25, -0.2) is 14.8 Å². The molecule has 33 heavy (non-hydrogen) atoms. The van der Waals surface area contributed by atoms with Crippen LogP contribution in [0.25, 0.3) is 22.2 Å². The lowest BCUT2D eigenvalue weighted by Gasteiger charge is -2.09. The lowest BCUT2D eigenvalue weighted by atomic mass is 10.0. The molecule has 0 bridgehead atoms. The number of aryl methyl sites for hydroxylation is 1. The van der Waals surface area contributed by atoms with Crippen LogP contribution in [0.5, 0.6) is 0 Å². The number of ether oxygens (including phenoxy) is 1. The highest BCUT2D eigenvalue weighted by Crippen LogP contribution is 2.25. The van der Waals surface area contributed by atoms with Crippen molar-refractivity contribution in [1.82, 2.24) is 15.0 Å². The highest BCUT2D eigenvalue weighted by atomic mass is 19.1. The standard InChI is InChI=1S/C26H25FN4O2/c1-17-14-20(18(2)31(17)12-13-33-3)16-28-30-26(32)23-15-25(19-8-10-21(27)11-9-19)29-24-7-5-4-6-22(23)24/h4-11,14-16H,12-13H2,1-3H3,(H,30,32). The van der Waals surface area contributed by atoms with Crippen LogP contribution >= 0.6 is 0 Å². The van der Waals surface area contributed by atoms with Gasteiger partial charge < -0.3 is 9.30 Å². The average Bonchev–Trinajstić information content (AvgIpc) is 3.09. The van der Waals surface area contributed by atoms with Gasteiger partial charge in [0.1, 0.15) is 5.82 Å². The number of halogens is 1. The molecule has 0 radical (unpaired) electrons. The molecule has 0 saturated carbocycles. The van der Waals surface area contributed by atoms with Crippen LogP contribution in [0.15, 0.2) is 65.8 Å². The fourth-order valence-electron chi connectivity index (χ4n) is 3.84. The predicted molar refractivity (Wildman–Crippen MR) is 128 cm³/mol. The third-order valence-corrected chi connectivity index (χ3v) is 5.60. The minimum atomic E-state index is -0.346. The molecule has 0 aliphatic heterocycles. The van der Waals surface area contributed by atoms with E-state index in [1.807, 2.05) is 44.2 Å². The number of carbonyl (C=O) groups is 1. The van der Waals surface area contributed by atoms with Gasteiger partial charge in [0.2, 0.25) is 0 Å². The summed E-state index contributed by atoms with van der Waals surface area (Å²) in [6, 6.07) is 17.2. The van der Waals surface area contributed by atoms with Crippen LogP contribution < -0.4 is 5.43 Å². The normalized spacial score (nSPS) is 11.4. The molecule has 4 aromatic rings. The second-order valence-corrected chi connectivity index (χ2v) is 7.75. The molecule has 0 aliphatic carbocycles. The van der Waals surface area contributed by atoms with Crippen LogP contribution in [0.3, 0.4) is 0 Å². The number of nitrogens with zero attached hydrogens (tertiary/aromatic N) is 3. The van der Waals surface area contributed by atoms with Crippen LogP contribution in [0, 0.1) is 19.7 Å². The Kier molecular flexibility index (Phi) is 6.60. The molecule has 1 amide bonds. The number of para-hydroxylation sites is 1. The Balaban J connectivity index is 1.61. The Morgan fingerprint density at radius 1 is 1.15 bits per heavy atom. The lowest BCUT2D eigenvalue weighted by Crippen LogP contribution is -2.18. The first-order valence-electron chi connectivity index (χ1n) is 10.6. The van der Waals surface area contributed by atoms with Gasteiger partial charge in [-0.3, -0.25) is 4.79 Å².